The molecule has 24 heavy (non-hydrogen) atoms. The molecule has 0 aromatic carbocycles. The van der Waals surface area contributed by atoms with Gasteiger partial charge in [-0.15, -0.1) is 0 Å². The topological polar surface area (TPSA) is 39.1 Å². The third-order valence-corrected chi connectivity index (χ3v) is 5.34. The minimum atomic E-state index is 0.491. The highest BCUT2D eigenvalue weighted by Crippen LogP contribution is 2.33. The molecule has 4 heteroatoms. The monoisotopic (exact) mass is 331 g/mol. The molecule has 1 aliphatic heterocycles. The van der Waals surface area contributed by atoms with Gasteiger partial charge in [-0.1, -0.05) is 20.8 Å². The molecular weight excluding hydrogens is 298 g/mol. The van der Waals surface area contributed by atoms with Crippen molar-refractivity contribution >= 4 is 0 Å². The SMILES string of the molecule is CC1=C(C(C)C)C(C)C(C)=C(COCCn2c(C)nc(C)c2C)N1. The van der Waals surface area contributed by atoms with Crippen LogP contribution in [0.2, 0.25) is 0 Å². The summed E-state index contributed by atoms with van der Waals surface area (Å²) in [6.45, 7) is 19.7. The molecule has 1 atom stereocenters. The molecule has 0 spiro atoms. The Labute approximate surface area is 147 Å². The number of imidazole rings is 1. The molecule has 0 saturated carbocycles. The van der Waals surface area contributed by atoms with Gasteiger partial charge in [0.25, 0.3) is 0 Å². The smallest absolute Gasteiger partial charge is 0.106 e. The normalized spacial score (nSPS) is 18.6. The molecule has 1 aliphatic rings. The van der Waals surface area contributed by atoms with Gasteiger partial charge in [-0.3, -0.25) is 0 Å². The van der Waals surface area contributed by atoms with Gasteiger partial charge in [0.15, 0.2) is 0 Å². The van der Waals surface area contributed by atoms with E-state index in [0.717, 1.165) is 18.1 Å². The fourth-order valence-electron chi connectivity index (χ4n) is 3.78. The van der Waals surface area contributed by atoms with Crippen LogP contribution in [0.25, 0.3) is 0 Å². The number of allylic oxidation sites excluding steroid dienone is 3. The minimum absolute atomic E-state index is 0.491. The van der Waals surface area contributed by atoms with Crippen LogP contribution < -0.4 is 5.32 Å². The molecule has 2 rings (SSSR count). The van der Waals surface area contributed by atoms with Crippen molar-refractivity contribution in [3.63, 3.8) is 0 Å². The van der Waals surface area contributed by atoms with E-state index < -0.39 is 0 Å². The van der Waals surface area contributed by atoms with Crippen LogP contribution in [0.1, 0.15) is 51.8 Å². The lowest BCUT2D eigenvalue weighted by atomic mass is 9.82. The Bertz CT molecular complexity index is 665. The zero-order chi connectivity index (χ0) is 18.0. The third kappa shape index (κ3) is 3.75. The Balaban J connectivity index is 1.93. The van der Waals surface area contributed by atoms with E-state index in [0.29, 0.717) is 25.0 Å². The van der Waals surface area contributed by atoms with Gasteiger partial charge in [-0.05, 0) is 51.7 Å². The number of rotatable bonds is 6. The molecule has 134 valence electrons. The Morgan fingerprint density at radius 2 is 1.83 bits per heavy atom. The summed E-state index contributed by atoms with van der Waals surface area (Å²) in [5, 5.41) is 3.57. The molecule has 1 aromatic rings. The first-order valence-corrected chi connectivity index (χ1v) is 8.99. The number of aromatic nitrogens is 2. The fraction of sp³-hybridized carbons (Fsp3) is 0.650. The summed E-state index contributed by atoms with van der Waals surface area (Å²) < 4.78 is 8.20. The summed E-state index contributed by atoms with van der Waals surface area (Å²) in [6.07, 6.45) is 0. The summed E-state index contributed by atoms with van der Waals surface area (Å²) in [7, 11) is 0. The van der Waals surface area contributed by atoms with Gasteiger partial charge < -0.3 is 14.6 Å². The van der Waals surface area contributed by atoms with E-state index in [2.05, 4.69) is 70.3 Å². The molecule has 1 unspecified atom stereocenters. The first-order chi connectivity index (χ1) is 11.2. The predicted molar refractivity (Wildman–Crippen MR) is 99.8 cm³/mol. The lowest BCUT2D eigenvalue weighted by Gasteiger charge is -2.32. The second kappa shape index (κ2) is 7.56. The van der Waals surface area contributed by atoms with Crippen LogP contribution in [-0.2, 0) is 11.3 Å². The van der Waals surface area contributed by atoms with Gasteiger partial charge in [-0.25, -0.2) is 4.98 Å². The van der Waals surface area contributed by atoms with E-state index >= 15 is 0 Å². The maximum absolute atomic E-state index is 5.97. The molecule has 4 nitrogen and oxygen atoms in total. The zero-order valence-electron chi connectivity index (χ0n) is 16.6. The van der Waals surface area contributed by atoms with Gasteiger partial charge in [0.1, 0.15) is 5.82 Å². The molecule has 0 radical (unpaired) electrons. The Kier molecular flexibility index (Phi) is 5.92. The van der Waals surface area contributed by atoms with E-state index in [1.165, 1.54) is 28.2 Å². The average Bonchev–Trinajstić information content (AvgIpc) is 2.73. The van der Waals surface area contributed by atoms with E-state index in [1.807, 2.05) is 0 Å². The minimum Gasteiger partial charge on any atom is -0.373 e. The van der Waals surface area contributed by atoms with Crippen LogP contribution in [0, 0.1) is 32.6 Å². The summed E-state index contributed by atoms with van der Waals surface area (Å²) in [5.41, 5.74) is 7.76. The average molecular weight is 332 g/mol. The lowest BCUT2D eigenvalue weighted by Crippen LogP contribution is -2.29. The van der Waals surface area contributed by atoms with Crippen molar-refractivity contribution in [3.8, 4) is 0 Å². The maximum atomic E-state index is 5.97. The van der Waals surface area contributed by atoms with Crippen LogP contribution in [0.15, 0.2) is 22.5 Å². The predicted octanol–water partition coefficient (Wildman–Crippen LogP) is 4.27. The van der Waals surface area contributed by atoms with Gasteiger partial charge in [-0.2, -0.15) is 0 Å². The number of hydrogen-bond acceptors (Lipinski definition) is 3. The largest absolute Gasteiger partial charge is 0.373 e. The molecule has 1 N–H and O–H groups in total. The molecule has 1 aromatic heterocycles. The molecule has 0 fully saturated rings. The summed E-state index contributed by atoms with van der Waals surface area (Å²) in [4.78, 5) is 4.52. The van der Waals surface area contributed by atoms with Crippen LogP contribution in [0.5, 0.6) is 0 Å². The second-order valence-electron chi connectivity index (χ2n) is 7.28. The Morgan fingerprint density at radius 1 is 1.17 bits per heavy atom. The highest BCUT2D eigenvalue weighted by molar-refractivity contribution is 5.34. The summed E-state index contributed by atoms with van der Waals surface area (Å²) in [6, 6.07) is 0. The van der Waals surface area contributed by atoms with Crippen molar-refractivity contribution in [2.75, 3.05) is 13.2 Å². The highest BCUT2D eigenvalue weighted by atomic mass is 16.5. The van der Waals surface area contributed by atoms with Crippen LogP contribution in [0.3, 0.4) is 0 Å². The first kappa shape index (κ1) is 18.8. The number of nitrogens with one attached hydrogen (secondary N) is 1. The van der Waals surface area contributed by atoms with E-state index in [-0.39, 0.29) is 0 Å². The Hall–Kier alpha value is -1.55. The molecule has 0 saturated heterocycles. The number of ether oxygens (including phenoxy) is 1. The number of aryl methyl sites for hydroxylation is 2. The zero-order valence-corrected chi connectivity index (χ0v) is 16.6. The summed E-state index contributed by atoms with van der Waals surface area (Å²) >= 11 is 0. The van der Waals surface area contributed by atoms with Crippen molar-refractivity contribution < 1.29 is 4.74 Å². The molecule has 0 bridgehead atoms. The van der Waals surface area contributed by atoms with Crippen molar-refractivity contribution in [1.82, 2.24) is 14.9 Å². The number of nitrogens with zero attached hydrogens (tertiary/aromatic N) is 2. The standard InChI is InChI=1S/C20H33N3O/c1-12(2)20-14(4)13(3)19(22-16(20)6)11-24-10-9-23-17(7)15(5)21-18(23)8/h12,14,22H,9-11H2,1-8H3. The van der Waals surface area contributed by atoms with Crippen molar-refractivity contribution in [1.29, 1.82) is 0 Å². The van der Waals surface area contributed by atoms with Gasteiger partial charge >= 0.3 is 0 Å². The van der Waals surface area contributed by atoms with Crippen molar-refractivity contribution in [2.24, 2.45) is 11.8 Å². The number of hydrogen-bond donors (Lipinski definition) is 1. The third-order valence-electron chi connectivity index (χ3n) is 5.34. The fourth-order valence-corrected chi connectivity index (χ4v) is 3.78. The Morgan fingerprint density at radius 3 is 2.38 bits per heavy atom. The van der Waals surface area contributed by atoms with Crippen LogP contribution in [0.4, 0.5) is 0 Å². The number of dihydropyridines is 1. The van der Waals surface area contributed by atoms with Crippen LogP contribution >= 0.6 is 0 Å². The quantitative estimate of drug-likeness (QED) is 0.791. The maximum Gasteiger partial charge on any atom is 0.106 e. The van der Waals surface area contributed by atoms with Crippen molar-refractivity contribution in [3.05, 3.63) is 39.8 Å². The molecule has 0 amide bonds. The van der Waals surface area contributed by atoms with E-state index in [9.17, 15) is 0 Å². The second-order valence-corrected chi connectivity index (χ2v) is 7.28. The van der Waals surface area contributed by atoms with Crippen molar-refractivity contribution in [2.45, 2.75) is 61.9 Å². The van der Waals surface area contributed by atoms with Gasteiger partial charge in [0, 0.05) is 29.6 Å². The molecule has 2 heterocycles. The first-order valence-electron chi connectivity index (χ1n) is 8.99. The van der Waals surface area contributed by atoms with E-state index in [4.69, 9.17) is 4.74 Å². The van der Waals surface area contributed by atoms with Gasteiger partial charge in [0.2, 0.25) is 0 Å². The molecular formula is C20H33N3O. The molecule has 0 aliphatic carbocycles. The summed E-state index contributed by atoms with van der Waals surface area (Å²) in [5.74, 6) is 2.12. The van der Waals surface area contributed by atoms with Gasteiger partial charge in [0.05, 0.1) is 18.9 Å². The lowest BCUT2D eigenvalue weighted by molar-refractivity contribution is 0.141. The highest BCUT2D eigenvalue weighted by Gasteiger charge is 2.24. The van der Waals surface area contributed by atoms with E-state index in [1.54, 1.807) is 0 Å². The van der Waals surface area contributed by atoms with Crippen LogP contribution in [-0.4, -0.2) is 22.8 Å².